The minimum absolute atomic E-state index is 0.278. The zero-order chi connectivity index (χ0) is 15.9. The monoisotopic (exact) mass is 381 g/mol. The maximum Gasteiger partial charge on any atom is 0.281 e. The number of ether oxygens (including phenoxy) is 1. The van der Waals surface area contributed by atoms with Crippen LogP contribution in [-0.2, 0) is 4.79 Å². The van der Waals surface area contributed by atoms with Crippen LogP contribution >= 0.6 is 27.3 Å². The van der Waals surface area contributed by atoms with Crippen molar-refractivity contribution < 1.29 is 19.4 Å². The predicted molar refractivity (Wildman–Crippen MR) is 84.0 cm³/mol. The molecule has 0 radical (unpaired) electrons. The van der Waals surface area contributed by atoms with Crippen LogP contribution in [0.2, 0.25) is 0 Å². The first-order chi connectivity index (χ1) is 10.6. The third-order valence-corrected chi connectivity index (χ3v) is 3.91. The van der Waals surface area contributed by atoms with Gasteiger partial charge in [-0.15, -0.1) is 11.3 Å². The summed E-state index contributed by atoms with van der Waals surface area (Å²) in [7, 11) is 0. The normalized spacial score (nSPS) is 10.6. The standard InChI is InChI=1S/C14H11BrN2O4S/c15-10-6-9(3-4-11(10)21-8-13(18)19)7-16-17-14(20)12-2-1-5-22-12/h1-7H,8H2,(H,17,20)(H,18,19)/p-1/b16-7-. The molecule has 0 aliphatic heterocycles. The Hall–Kier alpha value is -2.19. The minimum atomic E-state index is -1.30. The van der Waals surface area contributed by atoms with Gasteiger partial charge in [0.15, 0.2) is 0 Å². The number of halogens is 1. The summed E-state index contributed by atoms with van der Waals surface area (Å²) < 4.78 is 5.59. The summed E-state index contributed by atoms with van der Waals surface area (Å²) in [4.78, 5) is 22.6. The summed E-state index contributed by atoms with van der Waals surface area (Å²) in [6.45, 7) is -0.525. The Labute approximate surface area is 138 Å². The number of amides is 1. The molecule has 0 saturated carbocycles. The van der Waals surface area contributed by atoms with Gasteiger partial charge in [-0.2, -0.15) is 5.10 Å². The fraction of sp³-hybridized carbons (Fsp3) is 0.0714. The lowest BCUT2D eigenvalue weighted by molar-refractivity contribution is -0.307. The maximum atomic E-state index is 11.7. The number of nitrogens with zero attached hydrogens (tertiary/aromatic N) is 1. The number of rotatable bonds is 6. The second-order valence-corrected chi connectivity index (χ2v) is 5.83. The molecule has 0 bridgehead atoms. The molecule has 1 amide bonds. The Morgan fingerprint density at radius 1 is 1.41 bits per heavy atom. The first-order valence-corrected chi connectivity index (χ1v) is 7.72. The number of aliphatic carboxylic acids is 1. The van der Waals surface area contributed by atoms with Crippen molar-refractivity contribution in [2.24, 2.45) is 5.10 Å². The molecule has 0 aliphatic carbocycles. The van der Waals surface area contributed by atoms with Crippen LogP contribution in [0.3, 0.4) is 0 Å². The molecule has 0 atom stereocenters. The quantitative estimate of drug-likeness (QED) is 0.604. The molecule has 1 aromatic carbocycles. The van der Waals surface area contributed by atoms with E-state index in [1.54, 1.807) is 35.7 Å². The van der Waals surface area contributed by atoms with Crippen LogP contribution < -0.4 is 15.3 Å². The summed E-state index contributed by atoms with van der Waals surface area (Å²) in [5.41, 5.74) is 3.12. The van der Waals surface area contributed by atoms with Gasteiger partial charge in [-0.25, -0.2) is 5.43 Å². The first kappa shape index (κ1) is 16.2. The minimum Gasteiger partial charge on any atom is -0.546 e. The number of carboxylic acid groups (broad SMARTS) is 1. The van der Waals surface area contributed by atoms with E-state index in [0.29, 0.717) is 20.7 Å². The number of carbonyl (C=O) groups excluding carboxylic acids is 2. The van der Waals surface area contributed by atoms with Crippen LogP contribution in [0.4, 0.5) is 0 Å². The van der Waals surface area contributed by atoms with E-state index in [1.165, 1.54) is 17.6 Å². The van der Waals surface area contributed by atoms with Crippen molar-refractivity contribution in [3.05, 3.63) is 50.6 Å². The Kier molecular flexibility index (Phi) is 5.68. The highest BCUT2D eigenvalue weighted by Gasteiger charge is 2.04. The Bertz CT molecular complexity index is 701. The van der Waals surface area contributed by atoms with Crippen molar-refractivity contribution in [3.8, 4) is 5.75 Å². The molecule has 1 N–H and O–H groups in total. The van der Waals surface area contributed by atoms with Crippen molar-refractivity contribution in [2.45, 2.75) is 0 Å². The third-order valence-electron chi connectivity index (χ3n) is 2.43. The molecule has 22 heavy (non-hydrogen) atoms. The first-order valence-electron chi connectivity index (χ1n) is 6.05. The van der Waals surface area contributed by atoms with Crippen molar-refractivity contribution in [3.63, 3.8) is 0 Å². The zero-order valence-electron chi connectivity index (χ0n) is 11.1. The number of hydrogen-bond acceptors (Lipinski definition) is 6. The van der Waals surface area contributed by atoms with Crippen molar-refractivity contribution >= 4 is 45.4 Å². The van der Waals surface area contributed by atoms with Crippen LogP contribution in [0.15, 0.2) is 45.3 Å². The molecule has 1 heterocycles. The fourth-order valence-electron chi connectivity index (χ4n) is 1.48. The SMILES string of the molecule is O=C([O-])COc1ccc(/C=N\NC(=O)c2cccs2)cc1Br. The zero-order valence-corrected chi connectivity index (χ0v) is 13.5. The van der Waals surface area contributed by atoms with Crippen molar-refractivity contribution in [2.75, 3.05) is 6.61 Å². The summed E-state index contributed by atoms with van der Waals surface area (Å²) >= 11 is 4.59. The Morgan fingerprint density at radius 2 is 2.23 bits per heavy atom. The molecule has 1 aromatic heterocycles. The van der Waals surface area contributed by atoms with Gasteiger partial charge in [0.2, 0.25) is 0 Å². The van der Waals surface area contributed by atoms with Gasteiger partial charge in [0, 0.05) is 0 Å². The lowest BCUT2D eigenvalue weighted by Crippen LogP contribution is -2.29. The van der Waals surface area contributed by atoms with E-state index in [-0.39, 0.29) is 5.91 Å². The van der Waals surface area contributed by atoms with Gasteiger partial charge in [-0.3, -0.25) is 4.79 Å². The van der Waals surface area contributed by atoms with Crippen LogP contribution in [0, 0.1) is 0 Å². The number of hydrogen-bond donors (Lipinski definition) is 1. The van der Waals surface area contributed by atoms with Crippen LogP contribution in [0.1, 0.15) is 15.2 Å². The lowest BCUT2D eigenvalue weighted by atomic mass is 10.2. The van der Waals surface area contributed by atoms with Gasteiger partial charge in [-0.1, -0.05) is 6.07 Å². The molecule has 114 valence electrons. The molecule has 2 rings (SSSR count). The molecule has 0 aliphatic rings. The van der Waals surface area contributed by atoms with Gasteiger partial charge >= 0.3 is 0 Å². The summed E-state index contributed by atoms with van der Waals surface area (Å²) in [6.07, 6.45) is 1.47. The van der Waals surface area contributed by atoms with Crippen LogP contribution in [-0.4, -0.2) is 24.7 Å². The molecule has 2 aromatic rings. The van der Waals surface area contributed by atoms with Gasteiger partial charge in [0.05, 0.1) is 21.5 Å². The summed E-state index contributed by atoms with van der Waals surface area (Å²) in [5, 5.41) is 16.0. The lowest BCUT2D eigenvalue weighted by Gasteiger charge is -2.08. The van der Waals surface area contributed by atoms with E-state index in [1.807, 2.05) is 0 Å². The highest BCUT2D eigenvalue weighted by atomic mass is 79.9. The number of carboxylic acids is 1. The molecule has 8 heteroatoms. The number of thiophene rings is 1. The average Bonchev–Trinajstić information content (AvgIpc) is 3.00. The highest BCUT2D eigenvalue weighted by Crippen LogP contribution is 2.25. The number of nitrogens with one attached hydrogen (secondary N) is 1. The summed E-state index contributed by atoms with van der Waals surface area (Å²) in [6, 6.07) is 8.44. The highest BCUT2D eigenvalue weighted by molar-refractivity contribution is 9.10. The molecule has 6 nitrogen and oxygen atoms in total. The summed E-state index contributed by atoms with van der Waals surface area (Å²) in [5.74, 6) is -1.20. The maximum absolute atomic E-state index is 11.7. The molecule has 0 fully saturated rings. The number of carbonyl (C=O) groups is 2. The second-order valence-electron chi connectivity index (χ2n) is 4.03. The average molecular weight is 382 g/mol. The smallest absolute Gasteiger partial charge is 0.281 e. The number of benzene rings is 1. The van der Waals surface area contributed by atoms with E-state index in [9.17, 15) is 14.7 Å². The van der Waals surface area contributed by atoms with E-state index in [4.69, 9.17) is 4.74 Å². The topological polar surface area (TPSA) is 90.8 Å². The molecule has 0 unspecified atom stereocenters. The van der Waals surface area contributed by atoms with Gasteiger partial charge < -0.3 is 14.6 Å². The van der Waals surface area contributed by atoms with E-state index in [2.05, 4.69) is 26.5 Å². The van der Waals surface area contributed by atoms with Gasteiger partial charge in [-0.05, 0) is 51.1 Å². The molecule has 0 spiro atoms. The van der Waals surface area contributed by atoms with E-state index in [0.717, 1.165) is 0 Å². The molecular formula is C14H10BrN2O4S-. The Morgan fingerprint density at radius 3 is 2.86 bits per heavy atom. The molecule has 0 saturated heterocycles. The Balaban J connectivity index is 1.95. The predicted octanol–water partition coefficient (Wildman–Crippen LogP) is 1.40. The van der Waals surface area contributed by atoms with Gasteiger partial charge in [0.25, 0.3) is 5.91 Å². The second kappa shape index (κ2) is 7.71. The van der Waals surface area contributed by atoms with Gasteiger partial charge in [0.1, 0.15) is 12.4 Å². The molecular weight excluding hydrogens is 372 g/mol. The third kappa shape index (κ3) is 4.68. The van der Waals surface area contributed by atoms with Crippen LogP contribution in [0.25, 0.3) is 0 Å². The fourth-order valence-corrected chi connectivity index (χ4v) is 2.60. The van der Waals surface area contributed by atoms with E-state index >= 15 is 0 Å². The van der Waals surface area contributed by atoms with Crippen LogP contribution in [0.5, 0.6) is 5.75 Å². The van der Waals surface area contributed by atoms with Crippen molar-refractivity contribution in [1.82, 2.24) is 5.43 Å². The largest absolute Gasteiger partial charge is 0.546 e. The number of hydrazone groups is 1. The van der Waals surface area contributed by atoms with E-state index < -0.39 is 12.6 Å². The van der Waals surface area contributed by atoms with Crippen molar-refractivity contribution in [1.29, 1.82) is 0 Å².